The van der Waals surface area contributed by atoms with Crippen molar-refractivity contribution >= 4 is 18.7 Å². The number of hydrogen-bond acceptors (Lipinski definition) is 5. The number of halogens is 1. The summed E-state index contributed by atoms with van der Waals surface area (Å²) in [5.74, 6) is 0. The molecule has 0 spiro atoms. The predicted molar refractivity (Wildman–Crippen MR) is 104 cm³/mol. The lowest BCUT2D eigenvalue weighted by Crippen LogP contribution is -2.46. The molecule has 2 fully saturated rings. The summed E-state index contributed by atoms with van der Waals surface area (Å²) in [5.41, 5.74) is -0.693. The van der Waals surface area contributed by atoms with Crippen LogP contribution in [0, 0.1) is 0 Å². The molecule has 2 atom stereocenters. The summed E-state index contributed by atoms with van der Waals surface area (Å²) in [4.78, 5) is 13.3. The lowest BCUT2D eigenvalue weighted by atomic mass is 9.82. The van der Waals surface area contributed by atoms with E-state index in [2.05, 4.69) is 5.10 Å². The summed E-state index contributed by atoms with van der Waals surface area (Å²) in [6.07, 6.45) is 2.31. The third-order valence-corrected chi connectivity index (χ3v) is 5.66. The van der Waals surface area contributed by atoms with Gasteiger partial charge < -0.3 is 14.0 Å². The molecule has 28 heavy (non-hydrogen) atoms. The van der Waals surface area contributed by atoms with Crippen LogP contribution in [0.5, 0.6) is 0 Å². The number of hydrogen-bond donors (Lipinski definition) is 0. The number of amides is 1. The highest BCUT2D eigenvalue weighted by Gasteiger charge is 2.52. The van der Waals surface area contributed by atoms with Gasteiger partial charge in [-0.1, -0.05) is 0 Å². The Morgan fingerprint density at radius 2 is 1.89 bits per heavy atom. The molecule has 0 radical (unpaired) electrons. The van der Waals surface area contributed by atoms with Crippen molar-refractivity contribution in [3.8, 4) is 0 Å². The molecule has 2 aliphatic heterocycles. The van der Waals surface area contributed by atoms with Crippen molar-refractivity contribution in [2.24, 2.45) is 0 Å². The molecule has 1 amide bonds. The van der Waals surface area contributed by atoms with Crippen molar-refractivity contribution < 1.29 is 23.2 Å². The fourth-order valence-electron chi connectivity index (χ4n) is 3.32. The van der Waals surface area contributed by atoms with Gasteiger partial charge in [0.05, 0.1) is 17.2 Å². The van der Waals surface area contributed by atoms with Gasteiger partial charge >= 0.3 is 13.2 Å². The van der Waals surface area contributed by atoms with Gasteiger partial charge in [0.2, 0.25) is 0 Å². The van der Waals surface area contributed by atoms with Crippen molar-refractivity contribution in [1.82, 2.24) is 14.7 Å². The van der Waals surface area contributed by atoms with E-state index in [1.54, 1.807) is 31.6 Å². The molecule has 7 nitrogen and oxygen atoms in total. The molecule has 1 aromatic rings. The topological polar surface area (TPSA) is 65.8 Å². The van der Waals surface area contributed by atoms with Crippen LogP contribution in [0.2, 0.25) is 0 Å². The predicted octanol–water partition coefficient (Wildman–Crippen LogP) is 3.05. The van der Waals surface area contributed by atoms with Crippen molar-refractivity contribution in [3.63, 3.8) is 0 Å². The van der Waals surface area contributed by atoms with Crippen LogP contribution in [0.1, 0.15) is 67.3 Å². The molecule has 0 bridgehead atoms. The van der Waals surface area contributed by atoms with E-state index in [0.717, 1.165) is 10.4 Å². The molecule has 2 aliphatic rings. The number of carbonyl (C=O) groups is 1. The summed E-state index contributed by atoms with van der Waals surface area (Å²) in [7, 11) is -0.498. The van der Waals surface area contributed by atoms with Crippen LogP contribution in [0.25, 0.3) is 0 Å². The highest BCUT2D eigenvalue weighted by molar-refractivity contribution is 6.62. The van der Waals surface area contributed by atoms with Crippen LogP contribution in [-0.2, 0) is 14.0 Å². The minimum absolute atomic E-state index is 0.134. The fraction of sp³-hybridized carbons (Fsp3) is 0.789. The lowest BCUT2D eigenvalue weighted by molar-refractivity contribution is -0.0223. The normalized spacial score (nSPS) is 27.1. The molecule has 0 aliphatic carbocycles. The molecule has 9 heteroatoms. The number of ether oxygens (including phenoxy) is 1. The van der Waals surface area contributed by atoms with E-state index >= 15 is 0 Å². The average Bonchev–Trinajstić information content (AvgIpc) is 3.08. The minimum atomic E-state index is -1.40. The Balaban J connectivity index is 1.64. The van der Waals surface area contributed by atoms with Gasteiger partial charge in [-0.3, -0.25) is 9.58 Å². The first-order valence-electron chi connectivity index (χ1n) is 9.82. The zero-order valence-electron chi connectivity index (χ0n) is 17.9. The summed E-state index contributed by atoms with van der Waals surface area (Å²) in [5, 5.41) is 4.40. The van der Waals surface area contributed by atoms with E-state index in [0.29, 0.717) is 6.42 Å². The molecule has 0 saturated carbocycles. The van der Waals surface area contributed by atoms with Gasteiger partial charge in [0.25, 0.3) is 0 Å². The molecule has 2 unspecified atom stereocenters. The zero-order valence-corrected chi connectivity index (χ0v) is 17.9. The summed E-state index contributed by atoms with van der Waals surface area (Å²) >= 11 is 0. The molecule has 0 aromatic carbocycles. The van der Waals surface area contributed by atoms with Crippen LogP contribution >= 0.6 is 0 Å². The van der Waals surface area contributed by atoms with Gasteiger partial charge in [-0.2, -0.15) is 5.10 Å². The molecule has 3 rings (SSSR count). The Kier molecular flexibility index (Phi) is 5.29. The molecule has 2 saturated heterocycles. The van der Waals surface area contributed by atoms with Crippen LogP contribution in [0.3, 0.4) is 0 Å². The largest absolute Gasteiger partial charge is 0.498 e. The first kappa shape index (κ1) is 21.1. The van der Waals surface area contributed by atoms with E-state index in [1.807, 2.05) is 33.9 Å². The maximum Gasteiger partial charge on any atom is 0.498 e. The smallest absolute Gasteiger partial charge is 0.444 e. The van der Waals surface area contributed by atoms with Crippen LogP contribution < -0.4 is 5.46 Å². The highest BCUT2D eigenvalue weighted by atomic mass is 19.1. The number of nitrogens with zero attached hydrogens (tertiary/aromatic N) is 3. The number of carbonyl (C=O) groups excluding carboxylic acids is 1. The molecular formula is C19H31BFN3O4. The number of likely N-dealkylation sites (tertiary alicyclic amines) is 1. The van der Waals surface area contributed by atoms with Crippen LogP contribution in [-0.4, -0.2) is 57.5 Å². The Morgan fingerprint density at radius 1 is 1.29 bits per heavy atom. The van der Waals surface area contributed by atoms with Gasteiger partial charge in [-0.25, -0.2) is 9.18 Å². The Morgan fingerprint density at radius 3 is 2.43 bits per heavy atom. The zero-order chi connectivity index (χ0) is 20.9. The SMILES string of the molecule is CC(C)(C)OC(=O)N1CCC(n2cc(B3OC(C)(C)C(C)(C)O3)cn2)CC1F. The van der Waals surface area contributed by atoms with Crippen molar-refractivity contribution in [2.75, 3.05) is 6.54 Å². The number of rotatable bonds is 2. The second kappa shape index (κ2) is 7.02. The fourth-order valence-corrected chi connectivity index (χ4v) is 3.32. The van der Waals surface area contributed by atoms with Gasteiger partial charge in [0, 0.05) is 30.8 Å². The number of piperidine rings is 1. The Bertz CT molecular complexity index is 715. The first-order chi connectivity index (χ1) is 12.8. The van der Waals surface area contributed by atoms with E-state index in [1.165, 1.54) is 0 Å². The van der Waals surface area contributed by atoms with Crippen molar-refractivity contribution in [3.05, 3.63) is 12.4 Å². The quantitative estimate of drug-likeness (QED) is 0.569. The minimum Gasteiger partial charge on any atom is -0.444 e. The van der Waals surface area contributed by atoms with Gasteiger partial charge in [0.15, 0.2) is 6.30 Å². The van der Waals surface area contributed by atoms with E-state index in [9.17, 15) is 9.18 Å². The Labute approximate surface area is 166 Å². The molecule has 156 valence electrons. The van der Waals surface area contributed by atoms with E-state index in [4.69, 9.17) is 14.0 Å². The second-order valence-corrected chi connectivity index (χ2v) is 9.63. The third kappa shape index (κ3) is 4.20. The molecule has 0 N–H and O–H groups in total. The molecular weight excluding hydrogens is 364 g/mol. The lowest BCUT2D eigenvalue weighted by Gasteiger charge is -2.36. The third-order valence-electron chi connectivity index (χ3n) is 5.66. The molecule has 1 aromatic heterocycles. The second-order valence-electron chi connectivity index (χ2n) is 9.63. The first-order valence-corrected chi connectivity index (χ1v) is 9.82. The van der Waals surface area contributed by atoms with Gasteiger partial charge in [0.1, 0.15) is 5.60 Å². The summed E-state index contributed by atoms with van der Waals surface area (Å²) < 4.78 is 33.8. The summed E-state index contributed by atoms with van der Waals surface area (Å²) in [6, 6.07) is -0.134. The number of alkyl halides is 1. The standard InChI is InChI=1S/C19H31BFN3O4/c1-17(2,3)26-16(25)23-9-8-14(10-15(23)21)24-12-13(11-22-24)20-27-18(4,5)19(6,7)28-20/h11-12,14-15H,8-10H2,1-7H3. The van der Waals surface area contributed by atoms with Crippen molar-refractivity contribution in [1.29, 1.82) is 0 Å². The van der Waals surface area contributed by atoms with Gasteiger partial charge in [-0.15, -0.1) is 0 Å². The average molecular weight is 395 g/mol. The van der Waals surface area contributed by atoms with Crippen molar-refractivity contribution in [2.45, 2.75) is 90.4 Å². The van der Waals surface area contributed by atoms with E-state index in [-0.39, 0.29) is 19.0 Å². The maximum atomic E-state index is 14.7. The molecule has 3 heterocycles. The maximum absolute atomic E-state index is 14.7. The van der Waals surface area contributed by atoms with E-state index < -0.39 is 36.3 Å². The van der Waals surface area contributed by atoms with Crippen LogP contribution in [0.4, 0.5) is 9.18 Å². The highest BCUT2D eigenvalue weighted by Crippen LogP contribution is 2.36. The van der Waals surface area contributed by atoms with Gasteiger partial charge in [-0.05, 0) is 54.9 Å². The van der Waals surface area contributed by atoms with Crippen LogP contribution in [0.15, 0.2) is 12.4 Å². The number of aromatic nitrogens is 2. The summed E-state index contributed by atoms with van der Waals surface area (Å²) in [6.45, 7) is 13.6. The Hall–Kier alpha value is -1.61. The monoisotopic (exact) mass is 395 g/mol.